The standard InChI is InChI=1S/C17H12BrFN2O3/c1-10(16(22)21-13-5-2-11(9-20)3-6-13)24-17(23)14-8-12(19)4-7-15(14)18/h2-8,10H,1H3,(H,21,22)/t10-/m1/s1. The second kappa shape index (κ2) is 7.70. The normalized spacial score (nSPS) is 11.2. The number of nitrogens with zero attached hydrogens (tertiary/aromatic N) is 1. The van der Waals surface area contributed by atoms with Gasteiger partial charge in [-0.15, -0.1) is 0 Å². The smallest absolute Gasteiger partial charge is 0.340 e. The number of carbonyl (C=O) groups excluding carboxylic acids is 2. The van der Waals surface area contributed by atoms with Crippen molar-refractivity contribution in [2.24, 2.45) is 0 Å². The maximum atomic E-state index is 13.2. The van der Waals surface area contributed by atoms with Gasteiger partial charge in [0.05, 0.1) is 17.2 Å². The number of hydrogen-bond acceptors (Lipinski definition) is 4. The maximum absolute atomic E-state index is 13.2. The molecule has 2 aromatic rings. The number of ether oxygens (including phenoxy) is 1. The number of amides is 1. The summed E-state index contributed by atoms with van der Waals surface area (Å²) >= 11 is 3.13. The Morgan fingerprint density at radius 1 is 1.25 bits per heavy atom. The molecule has 24 heavy (non-hydrogen) atoms. The van der Waals surface area contributed by atoms with Gasteiger partial charge in [0.25, 0.3) is 5.91 Å². The Kier molecular flexibility index (Phi) is 5.66. The van der Waals surface area contributed by atoms with Gasteiger partial charge >= 0.3 is 5.97 Å². The quantitative estimate of drug-likeness (QED) is 0.808. The summed E-state index contributed by atoms with van der Waals surface area (Å²) in [6.07, 6.45) is -1.08. The molecule has 7 heteroatoms. The number of esters is 1. The number of nitriles is 1. The van der Waals surface area contributed by atoms with E-state index in [9.17, 15) is 14.0 Å². The third-order valence-electron chi connectivity index (χ3n) is 3.08. The highest BCUT2D eigenvalue weighted by molar-refractivity contribution is 9.10. The Morgan fingerprint density at radius 2 is 1.92 bits per heavy atom. The first-order valence-corrected chi connectivity index (χ1v) is 7.67. The molecule has 0 aliphatic heterocycles. The molecule has 0 fully saturated rings. The number of nitrogens with one attached hydrogen (secondary N) is 1. The van der Waals surface area contributed by atoms with Crippen molar-refractivity contribution in [1.29, 1.82) is 5.26 Å². The average molecular weight is 391 g/mol. The Bertz CT molecular complexity index is 816. The lowest BCUT2D eigenvalue weighted by molar-refractivity contribution is -0.123. The van der Waals surface area contributed by atoms with E-state index in [1.165, 1.54) is 19.1 Å². The summed E-state index contributed by atoms with van der Waals surface area (Å²) in [4.78, 5) is 24.1. The van der Waals surface area contributed by atoms with Gasteiger partial charge in [0.1, 0.15) is 5.82 Å². The molecule has 0 unspecified atom stereocenters. The molecule has 0 saturated heterocycles. The minimum absolute atomic E-state index is 0.00646. The Labute approximate surface area is 146 Å². The van der Waals surface area contributed by atoms with Gasteiger partial charge in [0.15, 0.2) is 6.10 Å². The van der Waals surface area contributed by atoms with Crippen molar-refractivity contribution in [2.45, 2.75) is 13.0 Å². The summed E-state index contributed by atoms with van der Waals surface area (Å²) < 4.78 is 18.6. The molecule has 2 aromatic carbocycles. The molecule has 0 bridgehead atoms. The van der Waals surface area contributed by atoms with Crippen LogP contribution in [0.1, 0.15) is 22.8 Å². The molecule has 0 aliphatic carbocycles. The molecule has 1 amide bonds. The Morgan fingerprint density at radius 3 is 2.54 bits per heavy atom. The predicted molar refractivity (Wildman–Crippen MR) is 88.8 cm³/mol. The number of benzene rings is 2. The van der Waals surface area contributed by atoms with E-state index in [-0.39, 0.29) is 5.56 Å². The van der Waals surface area contributed by atoms with E-state index in [1.54, 1.807) is 24.3 Å². The van der Waals surface area contributed by atoms with E-state index in [1.807, 2.05) is 6.07 Å². The molecule has 0 saturated carbocycles. The highest BCUT2D eigenvalue weighted by Gasteiger charge is 2.21. The summed E-state index contributed by atoms with van der Waals surface area (Å²) in [5.41, 5.74) is 0.922. The Balaban J connectivity index is 2.01. The third kappa shape index (κ3) is 4.40. The zero-order valence-corrected chi connectivity index (χ0v) is 14.1. The number of rotatable bonds is 4. The Hall–Kier alpha value is -2.72. The van der Waals surface area contributed by atoms with Gasteiger partial charge in [0.2, 0.25) is 0 Å². The fourth-order valence-electron chi connectivity index (χ4n) is 1.80. The lowest BCUT2D eigenvalue weighted by Gasteiger charge is -2.14. The van der Waals surface area contributed by atoms with Crippen molar-refractivity contribution in [1.82, 2.24) is 0 Å². The van der Waals surface area contributed by atoms with Gasteiger partial charge in [-0.25, -0.2) is 9.18 Å². The number of carbonyl (C=O) groups is 2. The van der Waals surface area contributed by atoms with Crippen molar-refractivity contribution in [3.05, 3.63) is 63.9 Å². The lowest BCUT2D eigenvalue weighted by Crippen LogP contribution is -2.30. The van der Waals surface area contributed by atoms with Crippen LogP contribution < -0.4 is 5.32 Å². The van der Waals surface area contributed by atoms with Gasteiger partial charge in [-0.3, -0.25) is 4.79 Å². The predicted octanol–water partition coefficient (Wildman–Crippen LogP) is 3.64. The van der Waals surface area contributed by atoms with Gasteiger partial charge in [-0.2, -0.15) is 5.26 Å². The van der Waals surface area contributed by atoms with Crippen LogP contribution in [-0.4, -0.2) is 18.0 Å². The van der Waals surface area contributed by atoms with Gasteiger partial charge in [-0.1, -0.05) is 0 Å². The third-order valence-corrected chi connectivity index (χ3v) is 3.77. The van der Waals surface area contributed by atoms with Crippen LogP contribution >= 0.6 is 15.9 Å². The highest BCUT2D eigenvalue weighted by atomic mass is 79.9. The summed E-state index contributed by atoms with van der Waals surface area (Å²) in [5, 5.41) is 11.3. The second-order valence-corrected chi connectivity index (χ2v) is 5.70. The maximum Gasteiger partial charge on any atom is 0.340 e. The van der Waals surface area contributed by atoms with Gasteiger partial charge < -0.3 is 10.1 Å². The largest absolute Gasteiger partial charge is 0.449 e. The molecule has 1 atom stereocenters. The number of hydrogen-bond donors (Lipinski definition) is 1. The van der Waals surface area contributed by atoms with Crippen molar-refractivity contribution >= 4 is 33.5 Å². The van der Waals surface area contributed by atoms with Crippen LogP contribution in [0.5, 0.6) is 0 Å². The van der Waals surface area contributed by atoms with Crippen molar-refractivity contribution in [3.63, 3.8) is 0 Å². The summed E-state index contributed by atoms with van der Waals surface area (Å²) in [5.74, 6) is -1.94. The lowest BCUT2D eigenvalue weighted by atomic mass is 10.2. The van der Waals surface area contributed by atoms with Crippen LogP contribution in [0.25, 0.3) is 0 Å². The van der Waals surface area contributed by atoms with Crippen LogP contribution in [-0.2, 0) is 9.53 Å². The molecule has 5 nitrogen and oxygen atoms in total. The van der Waals surface area contributed by atoms with E-state index in [2.05, 4.69) is 21.2 Å². The fourth-order valence-corrected chi connectivity index (χ4v) is 2.21. The number of halogens is 2. The van der Waals surface area contributed by atoms with Crippen LogP contribution in [0.2, 0.25) is 0 Å². The minimum atomic E-state index is -1.08. The topological polar surface area (TPSA) is 79.2 Å². The molecule has 122 valence electrons. The van der Waals surface area contributed by atoms with Crippen molar-refractivity contribution < 1.29 is 18.7 Å². The van der Waals surface area contributed by atoms with E-state index >= 15 is 0 Å². The van der Waals surface area contributed by atoms with Crippen LogP contribution in [0.3, 0.4) is 0 Å². The molecular formula is C17H12BrFN2O3. The molecule has 0 aromatic heterocycles. The first-order chi connectivity index (χ1) is 11.4. The second-order valence-electron chi connectivity index (χ2n) is 4.85. The summed E-state index contributed by atoms with van der Waals surface area (Å²) in [6, 6.07) is 11.8. The molecule has 0 radical (unpaired) electrons. The van der Waals surface area contributed by atoms with E-state index in [0.29, 0.717) is 15.7 Å². The van der Waals surface area contributed by atoms with E-state index in [4.69, 9.17) is 10.00 Å². The minimum Gasteiger partial charge on any atom is -0.449 e. The molecular weight excluding hydrogens is 379 g/mol. The zero-order valence-electron chi connectivity index (χ0n) is 12.5. The van der Waals surface area contributed by atoms with E-state index in [0.717, 1.165) is 6.07 Å². The average Bonchev–Trinajstić information content (AvgIpc) is 2.57. The van der Waals surface area contributed by atoms with Gasteiger partial charge in [-0.05, 0) is 65.3 Å². The van der Waals surface area contributed by atoms with Crippen molar-refractivity contribution in [2.75, 3.05) is 5.32 Å². The SMILES string of the molecule is C[C@@H](OC(=O)c1cc(F)ccc1Br)C(=O)Nc1ccc(C#N)cc1. The molecule has 0 aliphatic rings. The van der Waals surface area contributed by atoms with Crippen LogP contribution in [0.15, 0.2) is 46.9 Å². The first-order valence-electron chi connectivity index (χ1n) is 6.88. The highest BCUT2D eigenvalue weighted by Crippen LogP contribution is 2.19. The van der Waals surface area contributed by atoms with Crippen molar-refractivity contribution in [3.8, 4) is 6.07 Å². The molecule has 0 heterocycles. The number of anilines is 1. The van der Waals surface area contributed by atoms with Crippen LogP contribution in [0, 0.1) is 17.1 Å². The first kappa shape index (κ1) is 17.6. The summed E-state index contributed by atoms with van der Waals surface area (Å²) in [6.45, 7) is 1.41. The van der Waals surface area contributed by atoms with Crippen LogP contribution in [0.4, 0.5) is 10.1 Å². The zero-order chi connectivity index (χ0) is 17.7. The van der Waals surface area contributed by atoms with Gasteiger partial charge in [0, 0.05) is 10.2 Å². The molecule has 1 N–H and O–H groups in total. The van der Waals surface area contributed by atoms with E-state index < -0.39 is 23.8 Å². The summed E-state index contributed by atoms with van der Waals surface area (Å²) in [7, 11) is 0. The molecule has 2 rings (SSSR count). The monoisotopic (exact) mass is 390 g/mol. The molecule has 0 spiro atoms. The fraction of sp³-hybridized carbons (Fsp3) is 0.118.